The topological polar surface area (TPSA) is 58.6 Å². The van der Waals surface area contributed by atoms with Gasteiger partial charge < -0.3 is 15.2 Å². The molecule has 4 nitrogen and oxygen atoms in total. The highest BCUT2D eigenvalue weighted by Crippen LogP contribution is 2.17. The Balaban J connectivity index is 1.89. The number of hydrogen-bond acceptors (Lipinski definition) is 3. The third-order valence-corrected chi connectivity index (χ3v) is 3.38. The third-order valence-electron chi connectivity index (χ3n) is 3.38. The molecule has 0 spiro atoms. The molecular weight excluding hydrogens is 304 g/mol. The van der Waals surface area contributed by atoms with E-state index in [9.17, 15) is 18.7 Å². The minimum Gasteiger partial charge on any atom is -0.497 e. The van der Waals surface area contributed by atoms with E-state index in [2.05, 4.69) is 5.32 Å². The maximum atomic E-state index is 13.5. The van der Waals surface area contributed by atoms with Crippen molar-refractivity contribution in [2.75, 3.05) is 13.7 Å². The molecule has 0 bridgehead atoms. The quantitative estimate of drug-likeness (QED) is 0.859. The summed E-state index contributed by atoms with van der Waals surface area (Å²) < 4.78 is 31.6. The number of rotatable bonds is 6. The molecule has 0 heterocycles. The number of nitrogens with one attached hydrogen (secondary N) is 1. The maximum absolute atomic E-state index is 13.5. The average Bonchev–Trinajstić information content (AvgIpc) is 2.57. The summed E-state index contributed by atoms with van der Waals surface area (Å²) in [6, 6.07) is 10.4. The van der Waals surface area contributed by atoms with Crippen LogP contribution in [-0.2, 0) is 11.2 Å². The summed E-state index contributed by atoms with van der Waals surface area (Å²) in [5.41, 5.74) is 0.587. The van der Waals surface area contributed by atoms with Crippen molar-refractivity contribution >= 4 is 5.91 Å². The van der Waals surface area contributed by atoms with Crippen molar-refractivity contribution in [1.29, 1.82) is 0 Å². The van der Waals surface area contributed by atoms with E-state index in [1.165, 1.54) is 19.2 Å². The summed E-state index contributed by atoms with van der Waals surface area (Å²) in [5, 5.41) is 12.5. The molecular formula is C17H17F2NO3. The van der Waals surface area contributed by atoms with E-state index >= 15 is 0 Å². The normalized spacial score (nSPS) is 11.8. The molecule has 2 aromatic rings. The van der Waals surface area contributed by atoms with E-state index < -0.39 is 23.6 Å². The number of amides is 1. The average molecular weight is 321 g/mol. The van der Waals surface area contributed by atoms with Gasteiger partial charge in [-0.1, -0.05) is 24.3 Å². The zero-order valence-electron chi connectivity index (χ0n) is 12.6. The van der Waals surface area contributed by atoms with Crippen LogP contribution in [0.3, 0.4) is 0 Å². The smallest absolute Gasteiger partial charge is 0.224 e. The number of halogens is 2. The standard InChI is InChI=1S/C17H17F2NO3/c1-23-13-7-5-11(6-8-13)15(21)10-20-16(22)9-12-3-2-4-14(18)17(12)19/h2-8,15,21H,9-10H2,1H3,(H,20,22). The van der Waals surface area contributed by atoms with Gasteiger partial charge in [-0.25, -0.2) is 8.78 Å². The number of ether oxygens (including phenoxy) is 1. The van der Waals surface area contributed by atoms with Gasteiger partial charge in [-0.05, 0) is 23.8 Å². The fourth-order valence-electron chi connectivity index (χ4n) is 2.07. The summed E-state index contributed by atoms with van der Waals surface area (Å²) in [6.07, 6.45) is -1.19. The molecule has 0 aromatic heterocycles. The summed E-state index contributed by atoms with van der Waals surface area (Å²) >= 11 is 0. The summed E-state index contributed by atoms with van der Waals surface area (Å²) in [5.74, 6) is -1.86. The van der Waals surface area contributed by atoms with Gasteiger partial charge in [-0.2, -0.15) is 0 Å². The first kappa shape index (κ1) is 16.9. The van der Waals surface area contributed by atoms with E-state index in [1.54, 1.807) is 24.3 Å². The Morgan fingerprint density at radius 1 is 1.22 bits per heavy atom. The van der Waals surface area contributed by atoms with Crippen molar-refractivity contribution in [3.63, 3.8) is 0 Å². The number of benzene rings is 2. The zero-order valence-corrected chi connectivity index (χ0v) is 12.6. The molecule has 0 radical (unpaired) electrons. The van der Waals surface area contributed by atoms with Gasteiger partial charge in [0.25, 0.3) is 0 Å². The van der Waals surface area contributed by atoms with Gasteiger partial charge in [-0.15, -0.1) is 0 Å². The lowest BCUT2D eigenvalue weighted by Crippen LogP contribution is -2.30. The molecule has 122 valence electrons. The van der Waals surface area contributed by atoms with Crippen LogP contribution in [0.5, 0.6) is 5.75 Å². The monoisotopic (exact) mass is 321 g/mol. The Kier molecular flexibility index (Phi) is 5.65. The van der Waals surface area contributed by atoms with E-state index in [1.807, 2.05) is 0 Å². The first-order valence-corrected chi connectivity index (χ1v) is 7.03. The second-order valence-corrected chi connectivity index (χ2v) is 4.98. The Labute approximate surface area is 132 Å². The molecule has 1 amide bonds. The second kappa shape index (κ2) is 7.69. The highest BCUT2D eigenvalue weighted by Gasteiger charge is 2.13. The van der Waals surface area contributed by atoms with Gasteiger partial charge >= 0.3 is 0 Å². The Morgan fingerprint density at radius 3 is 2.57 bits per heavy atom. The van der Waals surface area contributed by atoms with E-state index in [4.69, 9.17) is 4.74 Å². The molecule has 2 aromatic carbocycles. The van der Waals surface area contributed by atoms with Gasteiger partial charge in [0.05, 0.1) is 19.6 Å². The summed E-state index contributed by atoms with van der Waals surface area (Å²) in [4.78, 5) is 11.8. The molecule has 23 heavy (non-hydrogen) atoms. The highest BCUT2D eigenvalue weighted by molar-refractivity contribution is 5.78. The van der Waals surface area contributed by atoms with Crippen LogP contribution in [0.25, 0.3) is 0 Å². The molecule has 2 N–H and O–H groups in total. The lowest BCUT2D eigenvalue weighted by atomic mass is 10.1. The van der Waals surface area contributed by atoms with Crippen molar-refractivity contribution in [1.82, 2.24) is 5.32 Å². The molecule has 1 unspecified atom stereocenters. The van der Waals surface area contributed by atoms with E-state index in [0.29, 0.717) is 11.3 Å². The second-order valence-electron chi connectivity index (χ2n) is 4.98. The molecule has 6 heteroatoms. The van der Waals surface area contributed by atoms with E-state index in [-0.39, 0.29) is 18.5 Å². The Bertz CT molecular complexity index is 674. The maximum Gasteiger partial charge on any atom is 0.224 e. The number of carbonyl (C=O) groups excluding carboxylic acids is 1. The van der Waals surface area contributed by atoms with Crippen molar-refractivity contribution in [3.05, 3.63) is 65.2 Å². The molecule has 1 atom stereocenters. The van der Waals surface area contributed by atoms with Crippen LogP contribution in [0.15, 0.2) is 42.5 Å². The van der Waals surface area contributed by atoms with Gasteiger partial charge in [0.1, 0.15) is 5.75 Å². The molecule has 0 saturated heterocycles. The van der Waals surface area contributed by atoms with Crippen LogP contribution in [0.2, 0.25) is 0 Å². The summed E-state index contributed by atoms with van der Waals surface area (Å²) in [7, 11) is 1.54. The molecule has 0 saturated carbocycles. The highest BCUT2D eigenvalue weighted by atomic mass is 19.2. The van der Waals surface area contributed by atoms with Gasteiger partial charge in [0.2, 0.25) is 5.91 Å². The zero-order chi connectivity index (χ0) is 16.8. The third kappa shape index (κ3) is 4.50. The van der Waals surface area contributed by atoms with Crippen LogP contribution in [0.4, 0.5) is 8.78 Å². The number of carbonyl (C=O) groups is 1. The SMILES string of the molecule is COc1ccc(C(O)CNC(=O)Cc2cccc(F)c2F)cc1. The number of hydrogen-bond donors (Lipinski definition) is 2. The minimum atomic E-state index is -1.03. The van der Waals surface area contributed by atoms with Crippen LogP contribution >= 0.6 is 0 Å². The van der Waals surface area contributed by atoms with Crippen LogP contribution in [0.1, 0.15) is 17.2 Å². The van der Waals surface area contributed by atoms with Gasteiger partial charge in [0, 0.05) is 12.1 Å². The molecule has 0 aliphatic rings. The number of aliphatic hydroxyl groups is 1. The molecule has 0 fully saturated rings. The number of aliphatic hydroxyl groups excluding tert-OH is 1. The first-order chi connectivity index (χ1) is 11.0. The lowest BCUT2D eigenvalue weighted by molar-refractivity contribution is -0.120. The summed E-state index contributed by atoms with van der Waals surface area (Å²) in [6.45, 7) is -0.0257. The Morgan fingerprint density at radius 2 is 1.91 bits per heavy atom. The van der Waals surface area contributed by atoms with Crippen molar-refractivity contribution in [2.24, 2.45) is 0 Å². The minimum absolute atomic E-state index is 0.0257. The fourth-order valence-corrected chi connectivity index (χ4v) is 2.07. The molecule has 0 aliphatic carbocycles. The molecule has 0 aliphatic heterocycles. The Hall–Kier alpha value is -2.47. The predicted octanol–water partition coefficient (Wildman–Crippen LogP) is 2.37. The van der Waals surface area contributed by atoms with Crippen molar-refractivity contribution < 1.29 is 23.4 Å². The lowest BCUT2D eigenvalue weighted by Gasteiger charge is -2.13. The van der Waals surface area contributed by atoms with Gasteiger partial charge in [-0.3, -0.25) is 4.79 Å². The van der Waals surface area contributed by atoms with Crippen LogP contribution in [0, 0.1) is 11.6 Å². The van der Waals surface area contributed by atoms with E-state index in [0.717, 1.165) is 6.07 Å². The van der Waals surface area contributed by atoms with Crippen LogP contribution in [-0.4, -0.2) is 24.7 Å². The fraction of sp³-hybridized carbons (Fsp3) is 0.235. The largest absolute Gasteiger partial charge is 0.497 e. The van der Waals surface area contributed by atoms with Crippen LogP contribution < -0.4 is 10.1 Å². The molecule has 2 rings (SSSR count). The predicted molar refractivity (Wildman–Crippen MR) is 81.0 cm³/mol. The van der Waals surface area contributed by atoms with Crippen molar-refractivity contribution in [2.45, 2.75) is 12.5 Å². The number of methoxy groups -OCH3 is 1. The van der Waals surface area contributed by atoms with Gasteiger partial charge in [0.15, 0.2) is 11.6 Å². The first-order valence-electron chi connectivity index (χ1n) is 7.03. The van der Waals surface area contributed by atoms with Crippen molar-refractivity contribution in [3.8, 4) is 5.75 Å².